The van der Waals surface area contributed by atoms with E-state index in [-0.39, 0.29) is 6.04 Å². The molecule has 4 nitrogen and oxygen atoms in total. The van der Waals surface area contributed by atoms with Crippen LogP contribution < -0.4 is 5.73 Å². The quantitative estimate of drug-likeness (QED) is 0.764. The second kappa shape index (κ2) is 4.37. The van der Waals surface area contributed by atoms with Gasteiger partial charge < -0.3 is 5.73 Å². The van der Waals surface area contributed by atoms with Crippen molar-refractivity contribution in [1.82, 2.24) is 15.0 Å². The summed E-state index contributed by atoms with van der Waals surface area (Å²) >= 11 is 0. The van der Waals surface area contributed by atoms with Crippen molar-refractivity contribution < 1.29 is 0 Å². The van der Waals surface area contributed by atoms with Crippen LogP contribution in [-0.4, -0.2) is 15.0 Å². The lowest BCUT2D eigenvalue weighted by molar-refractivity contribution is 0.431. The molecule has 0 bridgehead atoms. The van der Waals surface area contributed by atoms with Gasteiger partial charge in [-0.15, -0.1) is 5.10 Å². The van der Waals surface area contributed by atoms with E-state index < -0.39 is 0 Å². The summed E-state index contributed by atoms with van der Waals surface area (Å²) in [5, 5.41) is 8.00. The first-order valence-corrected chi connectivity index (χ1v) is 4.79. The molecule has 0 aliphatic rings. The van der Waals surface area contributed by atoms with E-state index in [1.807, 2.05) is 17.8 Å². The van der Waals surface area contributed by atoms with E-state index in [4.69, 9.17) is 5.73 Å². The van der Waals surface area contributed by atoms with Gasteiger partial charge in [-0.05, 0) is 12.8 Å². The van der Waals surface area contributed by atoms with E-state index in [1.54, 1.807) is 0 Å². The zero-order chi connectivity index (χ0) is 9.84. The van der Waals surface area contributed by atoms with Crippen molar-refractivity contribution in [2.45, 2.75) is 39.8 Å². The van der Waals surface area contributed by atoms with Crippen molar-refractivity contribution in [1.29, 1.82) is 0 Å². The Kier molecular flexibility index (Phi) is 3.42. The van der Waals surface area contributed by atoms with Crippen LogP contribution in [0.2, 0.25) is 0 Å². The average molecular weight is 182 g/mol. The molecule has 1 aromatic rings. The van der Waals surface area contributed by atoms with E-state index in [0.29, 0.717) is 5.92 Å². The lowest BCUT2D eigenvalue weighted by atomic mass is 10.1. The number of rotatable bonds is 4. The Bertz CT molecular complexity index is 254. The average Bonchev–Trinajstić information content (AvgIpc) is 2.52. The third-order valence-corrected chi connectivity index (χ3v) is 2.22. The van der Waals surface area contributed by atoms with Gasteiger partial charge in [0.15, 0.2) is 0 Å². The summed E-state index contributed by atoms with van der Waals surface area (Å²) in [5.41, 5.74) is 6.54. The van der Waals surface area contributed by atoms with Gasteiger partial charge in [-0.3, -0.25) is 4.68 Å². The molecule has 1 heterocycles. The Morgan fingerprint density at radius 1 is 1.54 bits per heavy atom. The molecule has 0 radical (unpaired) electrons. The van der Waals surface area contributed by atoms with Crippen molar-refractivity contribution in [2.75, 3.05) is 0 Å². The molecule has 2 N–H and O–H groups in total. The Hall–Kier alpha value is -0.900. The largest absolute Gasteiger partial charge is 0.323 e. The van der Waals surface area contributed by atoms with Crippen molar-refractivity contribution in [3.05, 3.63) is 11.9 Å². The van der Waals surface area contributed by atoms with Gasteiger partial charge in [-0.1, -0.05) is 25.5 Å². The van der Waals surface area contributed by atoms with Crippen molar-refractivity contribution in [3.8, 4) is 0 Å². The van der Waals surface area contributed by atoms with Crippen molar-refractivity contribution in [3.63, 3.8) is 0 Å². The van der Waals surface area contributed by atoms with Crippen LogP contribution >= 0.6 is 0 Å². The highest BCUT2D eigenvalue weighted by molar-refractivity contribution is 4.97. The predicted molar refractivity (Wildman–Crippen MR) is 52.1 cm³/mol. The molecule has 0 amide bonds. The molecule has 0 aliphatic carbocycles. The topological polar surface area (TPSA) is 56.7 Å². The Morgan fingerprint density at radius 3 is 2.69 bits per heavy atom. The monoisotopic (exact) mass is 182 g/mol. The van der Waals surface area contributed by atoms with Crippen LogP contribution in [0.15, 0.2) is 6.20 Å². The molecule has 4 heteroatoms. The number of hydrogen-bond donors (Lipinski definition) is 1. The smallest absolute Gasteiger partial charge is 0.0991 e. The number of hydrogen-bond acceptors (Lipinski definition) is 3. The van der Waals surface area contributed by atoms with Crippen LogP contribution in [0.3, 0.4) is 0 Å². The third-order valence-electron chi connectivity index (χ3n) is 2.22. The van der Waals surface area contributed by atoms with E-state index in [2.05, 4.69) is 24.2 Å². The standard InChI is InChI=1S/C9H18N4/c1-4-7(2)5-13-6-9(8(3)10)11-12-13/h6-8H,4-5,10H2,1-3H3. The van der Waals surface area contributed by atoms with Gasteiger partial charge in [0.2, 0.25) is 0 Å². The van der Waals surface area contributed by atoms with Crippen molar-refractivity contribution >= 4 is 0 Å². The zero-order valence-electron chi connectivity index (χ0n) is 8.57. The fraction of sp³-hybridized carbons (Fsp3) is 0.778. The molecule has 0 saturated carbocycles. The van der Waals surface area contributed by atoms with Gasteiger partial charge in [0, 0.05) is 12.6 Å². The second-order valence-corrected chi connectivity index (χ2v) is 3.67. The maximum atomic E-state index is 5.67. The Balaban J connectivity index is 2.58. The maximum absolute atomic E-state index is 5.67. The minimum atomic E-state index is -0.0225. The fourth-order valence-electron chi connectivity index (χ4n) is 1.06. The summed E-state index contributed by atoms with van der Waals surface area (Å²) < 4.78 is 1.87. The molecule has 1 aromatic heterocycles. The van der Waals surface area contributed by atoms with Crippen LogP contribution in [0.4, 0.5) is 0 Å². The first kappa shape index (κ1) is 10.2. The third kappa shape index (κ3) is 2.81. The van der Waals surface area contributed by atoms with Crippen LogP contribution in [0.1, 0.15) is 38.9 Å². The van der Waals surface area contributed by atoms with E-state index >= 15 is 0 Å². The summed E-state index contributed by atoms with van der Waals surface area (Å²) in [6.45, 7) is 7.22. The molecule has 13 heavy (non-hydrogen) atoms. The lowest BCUT2D eigenvalue weighted by Crippen LogP contribution is -2.07. The first-order chi connectivity index (χ1) is 6.13. The molecular weight excluding hydrogens is 164 g/mol. The number of nitrogens with zero attached hydrogens (tertiary/aromatic N) is 3. The van der Waals surface area contributed by atoms with Gasteiger partial charge in [-0.25, -0.2) is 0 Å². The SMILES string of the molecule is CCC(C)Cn1cc(C(C)N)nn1. The Morgan fingerprint density at radius 2 is 2.23 bits per heavy atom. The van der Waals surface area contributed by atoms with Gasteiger partial charge in [0.1, 0.15) is 0 Å². The lowest BCUT2D eigenvalue weighted by Gasteiger charge is -2.06. The van der Waals surface area contributed by atoms with Gasteiger partial charge >= 0.3 is 0 Å². The van der Waals surface area contributed by atoms with Crippen LogP contribution in [0.25, 0.3) is 0 Å². The molecule has 0 aromatic carbocycles. The second-order valence-electron chi connectivity index (χ2n) is 3.67. The minimum Gasteiger partial charge on any atom is -0.323 e. The van der Waals surface area contributed by atoms with Gasteiger partial charge in [0.25, 0.3) is 0 Å². The van der Waals surface area contributed by atoms with E-state index in [0.717, 1.165) is 18.7 Å². The molecule has 2 atom stereocenters. The maximum Gasteiger partial charge on any atom is 0.0991 e. The molecule has 0 saturated heterocycles. The highest BCUT2D eigenvalue weighted by Crippen LogP contribution is 2.07. The summed E-state index contributed by atoms with van der Waals surface area (Å²) in [6, 6.07) is -0.0225. The molecule has 1 rings (SSSR count). The first-order valence-electron chi connectivity index (χ1n) is 4.79. The summed E-state index contributed by atoms with van der Waals surface area (Å²) in [4.78, 5) is 0. The normalized spacial score (nSPS) is 15.7. The molecule has 0 fully saturated rings. The minimum absolute atomic E-state index is 0.0225. The van der Waals surface area contributed by atoms with Crippen LogP contribution in [0, 0.1) is 5.92 Å². The summed E-state index contributed by atoms with van der Waals surface area (Å²) in [6.07, 6.45) is 3.09. The number of aromatic nitrogens is 3. The zero-order valence-corrected chi connectivity index (χ0v) is 8.57. The highest BCUT2D eigenvalue weighted by Gasteiger charge is 2.06. The molecule has 0 aliphatic heterocycles. The van der Waals surface area contributed by atoms with Crippen LogP contribution in [0.5, 0.6) is 0 Å². The molecule has 74 valence electrons. The van der Waals surface area contributed by atoms with E-state index in [1.165, 1.54) is 0 Å². The summed E-state index contributed by atoms with van der Waals surface area (Å²) in [7, 11) is 0. The molecular formula is C9H18N4. The Labute approximate surface area is 79.1 Å². The van der Waals surface area contributed by atoms with Gasteiger partial charge in [0.05, 0.1) is 11.9 Å². The summed E-state index contributed by atoms with van der Waals surface area (Å²) in [5.74, 6) is 0.641. The molecule has 2 unspecified atom stereocenters. The fourth-order valence-corrected chi connectivity index (χ4v) is 1.06. The molecule has 0 spiro atoms. The van der Waals surface area contributed by atoms with Crippen molar-refractivity contribution in [2.24, 2.45) is 11.7 Å². The van der Waals surface area contributed by atoms with E-state index in [9.17, 15) is 0 Å². The number of nitrogens with two attached hydrogens (primary N) is 1. The predicted octanol–water partition coefficient (Wildman–Crippen LogP) is 1.34. The highest BCUT2D eigenvalue weighted by atomic mass is 15.4. The van der Waals surface area contributed by atoms with Crippen LogP contribution in [-0.2, 0) is 6.54 Å². The van der Waals surface area contributed by atoms with Gasteiger partial charge in [-0.2, -0.15) is 0 Å².